The average molecular weight is 325 g/mol. The molecule has 2 saturated carbocycles. The van der Waals surface area contributed by atoms with Crippen molar-refractivity contribution < 1.29 is 19.4 Å². The predicted molar refractivity (Wildman–Crippen MR) is 79.1 cm³/mol. The van der Waals surface area contributed by atoms with Crippen LogP contribution in [0.2, 0.25) is 5.02 Å². The zero-order chi connectivity index (χ0) is 15.7. The Kier molecular flexibility index (Phi) is 4.20. The molecule has 3 rings (SSSR count). The molecule has 22 heavy (non-hydrogen) atoms. The van der Waals surface area contributed by atoms with E-state index in [0.717, 1.165) is 25.7 Å². The maximum Gasteiger partial charge on any atom is 0.326 e. The van der Waals surface area contributed by atoms with Gasteiger partial charge in [0.15, 0.2) is 0 Å². The van der Waals surface area contributed by atoms with E-state index in [4.69, 9.17) is 21.4 Å². The average Bonchev–Trinajstić information content (AvgIpc) is 3.36. The number of nitrogens with one attached hydrogen (secondary N) is 1. The molecule has 0 bridgehead atoms. The predicted octanol–water partition coefficient (Wildman–Crippen LogP) is 2.12. The lowest BCUT2D eigenvalue weighted by atomic mass is 10.1. The van der Waals surface area contributed by atoms with Crippen LogP contribution in [0.4, 0.5) is 0 Å². The van der Waals surface area contributed by atoms with E-state index in [1.54, 1.807) is 0 Å². The highest BCUT2D eigenvalue weighted by Gasteiger charge is 2.37. The van der Waals surface area contributed by atoms with Crippen molar-refractivity contribution in [1.29, 1.82) is 0 Å². The summed E-state index contributed by atoms with van der Waals surface area (Å²) in [4.78, 5) is 27.3. The fourth-order valence-electron chi connectivity index (χ4n) is 2.17. The van der Waals surface area contributed by atoms with E-state index in [0.29, 0.717) is 18.4 Å². The van der Waals surface area contributed by atoms with Crippen LogP contribution in [0.25, 0.3) is 0 Å². The minimum absolute atomic E-state index is 0.0195. The summed E-state index contributed by atoms with van der Waals surface area (Å²) in [5.74, 6) is -0.592. The van der Waals surface area contributed by atoms with Crippen molar-refractivity contribution >= 4 is 23.5 Å². The van der Waals surface area contributed by atoms with E-state index in [1.165, 1.54) is 12.3 Å². The molecule has 1 amide bonds. The van der Waals surface area contributed by atoms with E-state index in [1.807, 2.05) is 0 Å². The number of carboxylic acid groups (broad SMARTS) is 1. The molecule has 118 valence electrons. The maximum absolute atomic E-state index is 12.1. The summed E-state index contributed by atoms with van der Waals surface area (Å²) in [5, 5.41) is 11.9. The van der Waals surface area contributed by atoms with Crippen LogP contribution >= 0.6 is 11.6 Å². The van der Waals surface area contributed by atoms with E-state index in [9.17, 15) is 9.59 Å². The number of aliphatic carboxylic acids is 1. The van der Waals surface area contributed by atoms with Crippen LogP contribution in [0.5, 0.6) is 5.88 Å². The van der Waals surface area contributed by atoms with Crippen molar-refractivity contribution in [3.05, 3.63) is 22.8 Å². The monoisotopic (exact) mass is 324 g/mol. The number of hydrogen-bond donors (Lipinski definition) is 2. The molecule has 2 fully saturated rings. The first-order valence-electron chi connectivity index (χ1n) is 7.36. The van der Waals surface area contributed by atoms with Gasteiger partial charge in [-0.1, -0.05) is 11.6 Å². The first-order chi connectivity index (χ1) is 10.5. The molecule has 0 radical (unpaired) electrons. The van der Waals surface area contributed by atoms with Crippen molar-refractivity contribution in [3.63, 3.8) is 0 Å². The Bertz CT molecular complexity index is 599. The molecule has 1 aromatic heterocycles. The fourth-order valence-corrected chi connectivity index (χ4v) is 2.39. The SMILES string of the molecule is O=C(NC(C(=O)O)C1CC1)c1cnc(OCC2CC2)c(Cl)c1. The number of rotatable bonds is 7. The van der Waals surface area contributed by atoms with Gasteiger partial charge < -0.3 is 15.2 Å². The van der Waals surface area contributed by atoms with Crippen LogP contribution in [0.3, 0.4) is 0 Å². The third-order valence-electron chi connectivity index (χ3n) is 3.87. The number of carbonyl (C=O) groups excluding carboxylic acids is 1. The summed E-state index contributed by atoms with van der Waals surface area (Å²) in [6.07, 6.45) is 5.33. The smallest absolute Gasteiger partial charge is 0.326 e. The lowest BCUT2D eigenvalue weighted by Crippen LogP contribution is -2.42. The van der Waals surface area contributed by atoms with Crippen LogP contribution in [-0.4, -0.2) is 34.6 Å². The largest absolute Gasteiger partial charge is 0.480 e. The maximum atomic E-state index is 12.1. The minimum Gasteiger partial charge on any atom is -0.480 e. The standard InChI is InChI=1S/C15H17ClN2O4/c16-11-5-10(6-17-14(11)22-7-8-1-2-8)13(19)18-12(15(20)21)9-3-4-9/h5-6,8-9,12H,1-4,7H2,(H,18,19)(H,20,21). The van der Waals surface area contributed by atoms with Crippen molar-refractivity contribution in [3.8, 4) is 5.88 Å². The number of amides is 1. The first kappa shape index (κ1) is 15.1. The number of pyridine rings is 1. The topological polar surface area (TPSA) is 88.5 Å². The second kappa shape index (κ2) is 6.12. The second-order valence-electron chi connectivity index (χ2n) is 5.89. The van der Waals surface area contributed by atoms with Crippen LogP contribution in [0.15, 0.2) is 12.3 Å². The molecule has 1 heterocycles. The van der Waals surface area contributed by atoms with Gasteiger partial charge in [0.25, 0.3) is 5.91 Å². The highest BCUT2D eigenvalue weighted by atomic mass is 35.5. The molecule has 1 atom stereocenters. The molecule has 0 aromatic carbocycles. The van der Waals surface area contributed by atoms with Gasteiger partial charge in [-0.2, -0.15) is 0 Å². The van der Waals surface area contributed by atoms with Crippen molar-refractivity contribution in [1.82, 2.24) is 10.3 Å². The lowest BCUT2D eigenvalue weighted by molar-refractivity contribution is -0.139. The Hall–Kier alpha value is -1.82. The van der Waals surface area contributed by atoms with Crippen LogP contribution in [0, 0.1) is 11.8 Å². The Morgan fingerprint density at radius 3 is 2.68 bits per heavy atom. The molecule has 0 saturated heterocycles. The molecule has 6 nitrogen and oxygen atoms in total. The summed E-state index contributed by atoms with van der Waals surface area (Å²) in [7, 11) is 0. The van der Waals surface area contributed by atoms with Crippen molar-refractivity contribution in [2.45, 2.75) is 31.7 Å². The van der Waals surface area contributed by atoms with E-state index in [2.05, 4.69) is 10.3 Å². The Labute approximate surface area is 132 Å². The first-order valence-corrected chi connectivity index (χ1v) is 7.74. The molecule has 2 aliphatic carbocycles. The van der Waals surface area contributed by atoms with Gasteiger partial charge in [-0.25, -0.2) is 9.78 Å². The van der Waals surface area contributed by atoms with Crippen LogP contribution in [0.1, 0.15) is 36.0 Å². The normalized spacial score (nSPS) is 18.6. The van der Waals surface area contributed by atoms with Gasteiger partial charge in [-0.05, 0) is 43.6 Å². The molecule has 0 spiro atoms. The quantitative estimate of drug-likeness (QED) is 0.802. The summed E-state index contributed by atoms with van der Waals surface area (Å²) in [6, 6.07) is 0.606. The highest BCUT2D eigenvalue weighted by Crippen LogP contribution is 2.33. The van der Waals surface area contributed by atoms with E-state index < -0.39 is 17.9 Å². The van der Waals surface area contributed by atoms with E-state index >= 15 is 0 Å². The molecule has 0 aliphatic heterocycles. The number of nitrogens with zero attached hydrogens (tertiary/aromatic N) is 1. The number of hydrogen-bond acceptors (Lipinski definition) is 4. The Balaban J connectivity index is 1.63. The summed E-state index contributed by atoms with van der Waals surface area (Å²) in [5.41, 5.74) is 0.232. The molecule has 7 heteroatoms. The fraction of sp³-hybridized carbons (Fsp3) is 0.533. The number of ether oxygens (including phenoxy) is 1. The van der Waals surface area contributed by atoms with Crippen LogP contribution < -0.4 is 10.1 Å². The van der Waals surface area contributed by atoms with Gasteiger partial charge >= 0.3 is 5.97 Å². The lowest BCUT2D eigenvalue weighted by Gasteiger charge is -2.14. The zero-order valence-electron chi connectivity index (χ0n) is 11.9. The third kappa shape index (κ3) is 3.68. The zero-order valence-corrected chi connectivity index (χ0v) is 12.7. The number of carboxylic acids is 1. The molecule has 1 unspecified atom stereocenters. The van der Waals surface area contributed by atoms with Crippen molar-refractivity contribution in [2.75, 3.05) is 6.61 Å². The highest BCUT2D eigenvalue weighted by molar-refractivity contribution is 6.32. The Morgan fingerprint density at radius 1 is 1.41 bits per heavy atom. The molecule has 1 aromatic rings. The van der Waals surface area contributed by atoms with Gasteiger partial charge in [0, 0.05) is 6.20 Å². The van der Waals surface area contributed by atoms with E-state index in [-0.39, 0.29) is 16.5 Å². The number of halogens is 1. The van der Waals surface area contributed by atoms with Gasteiger partial charge in [0.05, 0.1) is 12.2 Å². The summed E-state index contributed by atoms with van der Waals surface area (Å²) >= 11 is 6.07. The minimum atomic E-state index is -1.01. The number of carbonyl (C=O) groups is 2. The van der Waals surface area contributed by atoms with Gasteiger partial charge in [-0.3, -0.25) is 4.79 Å². The second-order valence-corrected chi connectivity index (χ2v) is 6.30. The summed E-state index contributed by atoms with van der Waals surface area (Å²) < 4.78 is 5.49. The summed E-state index contributed by atoms with van der Waals surface area (Å²) in [6.45, 7) is 0.584. The van der Waals surface area contributed by atoms with Crippen LogP contribution in [-0.2, 0) is 4.79 Å². The number of aromatic nitrogens is 1. The molecular weight excluding hydrogens is 308 g/mol. The molecule has 2 N–H and O–H groups in total. The van der Waals surface area contributed by atoms with Crippen molar-refractivity contribution in [2.24, 2.45) is 11.8 Å². The van der Waals surface area contributed by atoms with Gasteiger partial charge in [0.1, 0.15) is 11.1 Å². The van der Waals surface area contributed by atoms with Gasteiger partial charge in [0.2, 0.25) is 5.88 Å². The third-order valence-corrected chi connectivity index (χ3v) is 4.14. The molecular formula is C15H17ClN2O4. The van der Waals surface area contributed by atoms with Gasteiger partial charge in [-0.15, -0.1) is 0 Å². The molecule has 2 aliphatic rings. The Morgan fingerprint density at radius 2 is 2.14 bits per heavy atom.